The van der Waals surface area contributed by atoms with Crippen LogP contribution in [0.5, 0.6) is 0 Å². The van der Waals surface area contributed by atoms with Crippen molar-refractivity contribution in [3.8, 4) is 0 Å². The van der Waals surface area contributed by atoms with E-state index in [1.54, 1.807) is 11.8 Å². The first kappa shape index (κ1) is 14.1. The molecular weight excluding hydrogens is 276 g/mol. The van der Waals surface area contributed by atoms with E-state index in [2.05, 4.69) is 60.4 Å². The maximum atomic E-state index is 6.38. The molecule has 1 aromatic heterocycles. The molecular formula is C18H18N2S. The zero-order chi connectivity index (χ0) is 14.7. The molecule has 0 spiro atoms. The third-order valence-corrected chi connectivity index (χ3v) is 4.65. The number of thioether (sulfide) groups is 1. The minimum atomic E-state index is -0.0186. The summed E-state index contributed by atoms with van der Waals surface area (Å²) in [5.41, 5.74) is 9.79. The molecule has 0 fully saturated rings. The van der Waals surface area contributed by atoms with Crippen molar-refractivity contribution in [1.82, 2.24) is 4.98 Å². The van der Waals surface area contributed by atoms with E-state index >= 15 is 0 Å². The number of hydrogen-bond donors (Lipinski definition) is 1. The van der Waals surface area contributed by atoms with E-state index in [0.29, 0.717) is 0 Å². The summed E-state index contributed by atoms with van der Waals surface area (Å²) in [7, 11) is 0. The first-order chi connectivity index (χ1) is 10.2. The van der Waals surface area contributed by atoms with E-state index in [1.165, 1.54) is 10.5 Å². The number of aryl methyl sites for hydroxylation is 1. The van der Waals surface area contributed by atoms with Gasteiger partial charge < -0.3 is 5.73 Å². The Morgan fingerprint density at radius 3 is 2.62 bits per heavy atom. The van der Waals surface area contributed by atoms with E-state index in [9.17, 15) is 0 Å². The quantitative estimate of drug-likeness (QED) is 0.728. The Morgan fingerprint density at radius 2 is 1.81 bits per heavy atom. The molecule has 0 bridgehead atoms. The van der Waals surface area contributed by atoms with E-state index in [4.69, 9.17) is 5.73 Å². The second-order valence-corrected chi connectivity index (χ2v) is 6.25. The van der Waals surface area contributed by atoms with E-state index in [0.717, 1.165) is 22.2 Å². The minimum absolute atomic E-state index is 0.0186. The molecule has 3 heteroatoms. The van der Waals surface area contributed by atoms with Crippen LogP contribution in [-0.2, 0) is 0 Å². The number of para-hydroxylation sites is 1. The highest BCUT2D eigenvalue weighted by Crippen LogP contribution is 2.27. The van der Waals surface area contributed by atoms with Gasteiger partial charge in [-0.25, -0.2) is 0 Å². The predicted molar refractivity (Wildman–Crippen MR) is 90.6 cm³/mol. The lowest BCUT2D eigenvalue weighted by atomic mass is 10.0. The third kappa shape index (κ3) is 3.26. The fourth-order valence-electron chi connectivity index (χ4n) is 2.34. The van der Waals surface area contributed by atoms with E-state index in [-0.39, 0.29) is 6.04 Å². The number of benzene rings is 2. The summed E-state index contributed by atoms with van der Waals surface area (Å²) in [5.74, 6) is 0.846. The van der Waals surface area contributed by atoms with Gasteiger partial charge in [0.15, 0.2) is 0 Å². The number of pyridine rings is 1. The summed E-state index contributed by atoms with van der Waals surface area (Å²) in [6, 6.07) is 18.8. The zero-order valence-electron chi connectivity index (χ0n) is 12.0. The maximum absolute atomic E-state index is 6.38. The monoisotopic (exact) mass is 294 g/mol. The van der Waals surface area contributed by atoms with Gasteiger partial charge in [0, 0.05) is 28.3 Å². The molecule has 3 aromatic rings. The van der Waals surface area contributed by atoms with Crippen molar-refractivity contribution in [3.63, 3.8) is 0 Å². The predicted octanol–water partition coefficient (Wildman–Crippen LogP) is 4.34. The molecule has 2 N–H and O–H groups in total. The summed E-state index contributed by atoms with van der Waals surface area (Å²) in [6.07, 6.45) is 1.83. The van der Waals surface area contributed by atoms with Crippen molar-refractivity contribution in [2.45, 2.75) is 17.9 Å². The van der Waals surface area contributed by atoms with Gasteiger partial charge >= 0.3 is 0 Å². The first-order valence-electron chi connectivity index (χ1n) is 7.03. The molecule has 1 unspecified atom stereocenters. The van der Waals surface area contributed by atoms with Crippen molar-refractivity contribution >= 4 is 22.7 Å². The summed E-state index contributed by atoms with van der Waals surface area (Å²) in [6.45, 7) is 2.10. The molecule has 21 heavy (non-hydrogen) atoms. The third-order valence-electron chi connectivity index (χ3n) is 3.51. The molecule has 0 aliphatic carbocycles. The Kier molecular flexibility index (Phi) is 4.23. The highest BCUT2D eigenvalue weighted by atomic mass is 32.2. The van der Waals surface area contributed by atoms with Gasteiger partial charge in [0.25, 0.3) is 0 Å². The Bertz CT molecular complexity index is 732. The first-order valence-corrected chi connectivity index (χ1v) is 8.01. The van der Waals surface area contributed by atoms with Gasteiger partial charge in [-0.3, -0.25) is 4.98 Å². The second kappa shape index (κ2) is 6.29. The summed E-state index contributed by atoms with van der Waals surface area (Å²) in [4.78, 5) is 5.73. The van der Waals surface area contributed by atoms with Gasteiger partial charge in [-0.1, -0.05) is 42.0 Å². The van der Waals surface area contributed by atoms with Crippen LogP contribution in [-0.4, -0.2) is 10.7 Å². The Morgan fingerprint density at radius 1 is 1.05 bits per heavy atom. The Balaban J connectivity index is 1.78. The molecule has 106 valence electrons. The summed E-state index contributed by atoms with van der Waals surface area (Å²) >= 11 is 1.79. The van der Waals surface area contributed by atoms with Crippen LogP contribution >= 0.6 is 11.8 Å². The summed E-state index contributed by atoms with van der Waals surface area (Å²) < 4.78 is 0. The number of nitrogens with two attached hydrogens (primary N) is 1. The molecule has 3 rings (SSSR count). The van der Waals surface area contributed by atoms with Crippen LogP contribution in [0.2, 0.25) is 0 Å². The van der Waals surface area contributed by atoms with Crippen LogP contribution in [0.25, 0.3) is 10.9 Å². The van der Waals surface area contributed by atoms with Crippen LogP contribution in [0.3, 0.4) is 0 Å². The van der Waals surface area contributed by atoms with Gasteiger partial charge in [0.2, 0.25) is 0 Å². The van der Waals surface area contributed by atoms with Gasteiger partial charge in [0.05, 0.1) is 5.52 Å². The average molecular weight is 294 g/mol. The van der Waals surface area contributed by atoms with Crippen molar-refractivity contribution in [1.29, 1.82) is 0 Å². The minimum Gasteiger partial charge on any atom is -0.323 e. The van der Waals surface area contributed by atoms with Crippen LogP contribution < -0.4 is 5.73 Å². The van der Waals surface area contributed by atoms with Gasteiger partial charge in [-0.2, -0.15) is 0 Å². The molecule has 2 nitrogen and oxygen atoms in total. The Hall–Kier alpha value is -1.84. The smallest absolute Gasteiger partial charge is 0.0749 e. The largest absolute Gasteiger partial charge is 0.323 e. The average Bonchev–Trinajstić information content (AvgIpc) is 2.53. The summed E-state index contributed by atoms with van der Waals surface area (Å²) in [5, 5.41) is 1.14. The lowest BCUT2D eigenvalue weighted by Gasteiger charge is -2.14. The highest BCUT2D eigenvalue weighted by Gasteiger charge is 2.11. The van der Waals surface area contributed by atoms with Crippen LogP contribution in [0.15, 0.2) is 65.7 Å². The number of nitrogens with zero attached hydrogens (tertiary/aromatic N) is 1. The molecule has 0 saturated carbocycles. The molecule has 0 amide bonds. The molecule has 1 atom stereocenters. The van der Waals surface area contributed by atoms with Crippen LogP contribution in [0.1, 0.15) is 17.2 Å². The molecule has 0 aliphatic rings. The highest BCUT2D eigenvalue weighted by molar-refractivity contribution is 7.99. The molecule has 0 aliphatic heterocycles. The number of aromatic nitrogens is 1. The maximum Gasteiger partial charge on any atom is 0.0749 e. The molecule has 0 saturated heterocycles. The number of hydrogen-bond acceptors (Lipinski definition) is 3. The van der Waals surface area contributed by atoms with Gasteiger partial charge in [-0.15, -0.1) is 11.8 Å². The Labute approximate surface area is 129 Å². The topological polar surface area (TPSA) is 38.9 Å². The number of rotatable bonds is 4. The van der Waals surface area contributed by atoms with Gasteiger partial charge in [0.1, 0.15) is 0 Å². The fraction of sp³-hybridized carbons (Fsp3) is 0.167. The molecule has 2 aromatic carbocycles. The van der Waals surface area contributed by atoms with Crippen molar-refractivity contribution in [2.24, 2.45) is 5.73 Å². The number of fused-ring (bicyclic) bond motifs is 1. The fourth-order valence-corrected chi connectivity index (χ4v) is 3.22. The van der Waals surface area contributed by atoms with Crippen molar-refractivity contribution in [2.75, 3.05) is 5.75 Å². The van der Waals surface area contributed by atoms with Gasteiger partial charge in [-0.05, 0) is 30.7 Å². The SMILES string of the molecule is Cc1ccc(SCC(N)c2cccc3cccnc23)cc1. The normalized spacial score (nSPS) is 12.5. The van der Waals surface area contributed by atoms with Crippen molar-refractivity contribution < 1.29 is 0 Å². The lowest BCUT2D eigenvalue weighted by Crippen LogP contribution is -2.13. The molecule has 1 heterocycles. The van der Waals surface area contributed by atoms with E-state index in [1.807, 2.05) is 12.3 Å². The van der Waals surface area contributed by atoms with Crippen molar-refractivity contribution in [3.05, 3.63) is 71.9 Å². The van der Waals surface area contributed by atoms with E-state index < -0.39 is 0 Å². The zero-order valence-corrected chi connectivity index (χ0v) is 12.8. The standard InChI is InChI=1S/C18H18N2S/c1-13-7-9-15(10-8-13)21-12-17(19)16-6-2-4-14-5-3-11-20-18(14)16/h2-11,17H,12,19H2,1H3. The lowest BCUT2D eigenvalue weighted by molar-refractivity contribution is 0.837. The van der Waals surface area contributed by atoms with Crippen LogP contribution in [0.4, 0.5) is 0 Å². The molecule has 0 radical (unpaired) electrons. The van der Waals surface area contributed by atoms with Crippen LogP contribution in [0, 0.1) is 6.92 Å². The second-order valence-electron chi connectivity index (χ2n) is 5.15.